The van der Waals surface area contributed by atoms with E-state index in [9.17, 15) is 18.0 Å². The normalized spacial score (nSPS) is 15.5. The van der Waals surface area contributed by atoms with Gasteiger partial charge in [-0.15, -0.1) is 0 Å². The van der Waals surface area contributed by atoms with Crippen molar-refractivity contribution < 1.29 is 23.1 Å². The molecule has 1 fully saturated rings. The molecule has 0 atom stereocenters. The van der Waals surface area contributed by atoms with Crippen LogP contribution in [-0.4, -0.2) is 42.8 Å². The van der Waals surface area contributed by atoms with Crippen LogP contribution < -0.4 is 5.32 Å². The van der Waals surface area contributed by atoms with E-state index in [4.69, 9.17) is 5.11 Å². The zero-order valence-corrected chi connectivity index (χ0v) is 15.6. The lowest BCUT2D eigenvalue weighted by atomic mass is 10.2. The number of piperidine rings is 1. The third-order valence-electron chi connectivity index (χ3n) is 4.41. The average Bonchev–Trinajstić information content (AvgIpc) is 2.64. The summed E-state index contributed by atoms with van der Waals surface area (Å²) in [6.45, 7) is 1.46. The number of carboxylic acid groups (broad SMARTS) is 1. The number of hydrogen-bond donors (Lipinski definition) is 2. The van der Waals surface area contributed by atoms with Crippen molar-refractivity contribution in [3.8, 4) is 0 Å². The number of carbonyl (C=O) groups excluding carboxylic acids is 1. The van der Waals surface area contributed by atoms with Crippen LogP contribution in [0.25, 0.3) is 0 Å². The van der Waals surface area contributed by atoms with Crippen molar-refractivity contribution in [3.05, 3.63) is 29.8 Å². The van der Waals surface area contributed by atoms with Gasteiger partial charge in [0, 0.05) is 32.5 Å². The molecule has 0 radical (unpaired) electrons. The van der Waals surface area contributed by atoms with Gasteiger partial charge in [-0.1, -0.05) is 18.6 Å². The molecule has 2 N–H and O–H groups in total. The molecule has 8 heteroatoms. The quantitative estimate of drug-likeness (QED) is 0.637. The Balaban J connectivity index is 1.81. The average molecular weight is 382 g/mol. The predicted molar refractivity (Wildman–Crippen MR) is 97.0 cm³/mol. The van der Waals surface area contributed by atoms with Crippen LogP contribution in [0.3, 0.4) is 0 Å². The molecule has 26 heavy (non-hydrogen) atoms. The molecule has 1 saturated heterocycles. The summed E-state index contributed by atoms with van der Waals surface area (Å²) in [5, 5.41) is 11.3. The Morgan fingerprint density at radius 1 is 1.00 bits per heavy atom. The van der Waals surface area contributed by atoms with Crippen LogP contribution in [0.1, 0.15) is 50.5 Å². The zero-order valence-electron chi connectivity index (χ0n) is 14.8. The van der Waals surface area contributed by atoms with Crippen molar-refractivity contribution in [2.24, 2.45) is 0 Å². The second-order valence-electron chi connectivity index (χ2n) is 6.49. The first-order chi connectivity index (χ1) is 12.4. The van der Waals surface area contributed by atoms with Gasteiger partial charge in [-0.2, -0.15) is 4.31 Å². The van der Waals surface area contributed by atoms with Gasteiger partial charge in [0.25, 0.3) is 0 Å². The number of nitrogens with one attached hydrogen (secondary N) is 1. The molecule has 1 aliphatic rings. The fourth-order valence-corrected chi connectivity index (χ4v) is 4.40. The van der Waals surface area contributed by atoms with E-state index in [0.717, 1.165) is 24.8 Å². The minimum absolute atomic E-state index is 0.0697. The maximum atomic E-state index is 12.6. The van der Waals surface area contributed by atoms with E-state index in [1.807, 2.05) is 0 Å². The van der Waals surface area contributed by atoms with E-state index < -0.39 is 16.0 Å². The maximum Gasteiger partial charge on any atom is 0.303 e. The van der Waals surface area contributed by atoms with E-state index in [-0.39, 0.29) is 23.6 Å². The Kier molecular flexibility index (Phi) is 7.59. The number of aliphatic carboxylic acids is 1. The molecule has 0 aromatic heterocycles. The Bertz CT molecular complexity index is 710. The maximum absolute atomic E-state index is 12.6. The van der Waals surface area contributed by atoms with E-state index in [0.29, 0.717) is 32.5 Å². The molecular formula is C18H26N2O5S. The first-order valence-corrected chi connectivity index (χ1v) is 10.4. The lowest BCUT2D eigenvalue weighted by molar-refractivity contribution is -0.137. The van der Waals surface area contributed by atoms with Crippen molar-refractivity contribution in [2.45, 2.75) is 56.4 Å². The molecule has 1 heterocycles. The highest BCUT2D eigenvalue weighted by Crippen LogP contribution is 2.20. The van der Waals surface area contributed by atoms with Crippen molar-refractivity contribution in [1.29, 1.82) is 0 Å². The van der Waals surface area contributed by atoms with Crippen molar-refractivity contribution in [2.75, 3.05) is 13.1 Å². The highest BCUT2D eigenvalue weighted by Gasteiger charge is 2.25. The summed E-state index contributed by atoms with van der Waals surface area (Å²) in [5.74, 6) is -0.995. The van der Waals surface area contributed by atoms with Crippen molar-refractivity contribution in [3.63, 3.8) is 0 Å². The SMILES string of the molecule is O=C(O)CCCCC(=O)NCc1ccc(S(=O)(=O)N2CCCCC2)cc1. The predicted octanol–water partition coefficient (Wildman–Crippen LogP) is 2.12. The summed E-state index contributed by atoms with van der Waals surface area (Å²) in [4.78, 5) is 22.4. The fourth-order valence-electron chi connectivity index (χ4n) is 2.88. The van der Waals surface area contributed by atoms with Gasteiger partial charge in [0.15, 0.2) is 0 Å². The summed E-state index contributed by atoms with van der Waals surface area (Å²) in [6.07, 6.45) is 4.23. The van der Waals surface area contributed by atoms with Crippen LogP contribution in [0.2, 0.25) is 0 Å². The molecule has 7 nitrogen and oxygen atoms in total. The van der Waals surface area contributed by atoms with Gasteiger partial charge in [-0.3, -0.25) is 9.59 Å². The molecule has 0 saturated carbocycles. The summed E-state index contributed by atoms with van der Waals surface area (Å²) >= 11 is 0. The van der Waals surface area contributed by atoms with Gasteiger partial charge in [0.1, 0.15) is 0 Å². The molecule has 1 aromatic rings. The van der Waals surface area contributed by atoms with Crippen LogP contribution in [0.15, 0.2) is 29.2 Å². The fraction of sp³-hybridized carbons (Fsp3) is 0.556. The van der Waals surface area contributed by atoms with Gasteiger partial charge in [0.05, 0.1) is 4.90 Å². The summed E-state index contributed by atoms with van der Waals surface area (Å²) < 4.78 is 26.7. The lowest BCUT2D eigenvalue weighted by Crippen LogP contribution is -2.35. The molecule has 144 valence electrons. The number of hydrogen-bond acceptors (Lipinski definition) is 4. The third kappa shape index (κ3) is 6.10. The first kappa shape index (κ1) is 20.4. The van der Waals surface area contributed by atoms with Crippen LogP contribution in [-0.2, 0) is 26.2 Å². The Hall–Kier alpha value is -1.93. The lowest BCUT2D eigenvalue weighted by Gasteiger charge is -2.25. The number of carboxylic acids is 1. The Labute approximate surface area is 154 Å². The number of unbranched alkanes of at least 4 members (excludes halogenated alkanes) is 1. The van der Waals surface area contributed by atoms with Crippen molar-refractivity contribution >= 4 is 21.9 Å². The number of carbonyl (C=O) groups is 2. The minimum atomic E-state index is -3.43. The van der Waals surface area contributed by atoms with Crippen LogP contribution in [0.5, 0.6) is 0 Å². The summed E-state index contributed by atoms with van der Waals surface area (Å²) in [5.41, 5.74) is 0.821. The molecule has 0 spiro atoms. The number of rotatable bonds is 9. The molecule has 2 rings (SSSR count). The van der Waals surface area contributed by atoms with Gasteiger partial charge in [-0.05, 0) is 43.4 Å². The number of sulfonamides is 1. The van der Waals surface area contributed by atoms with Crippen LogP contribution in [0.4, 0.5) is 0 Å². The highest BCUT2D eigenvalue weighted by molar-refractivity contribution is 7.89. The monoisotopic (exact) mass is 382 g/mol. The number of amides is 1. The van der Waals surface area contributed by atoms with E-state index in [1.165, 1.54) is 4.31 Å². The second kappa shape index (κ2) is 9.68. The topological polar surface area (TPSA) is 104 Å². The zero-order chi connectivity index (χ0) is 19.0. The van der Waals surface area contributed by atoms with Gasteiger partial charge >= 0.3 is 5.97 Å². The highest BCUT2D eigenvalue weighted by atomic mass is 32.2. The molecule has 1 aliphatic heterocycles. The molecule has 0 bridgehead atoms. The molecular weight excluding hydrogens is 356 g/mol. The number of benzene rings is 1. The van der Waals surface area contributed by atoms with Crippen LogP contribution in [0, 0.1) is 0 Å². The first-order valence-electron chi connectivity index (χ1n) is 8.97. The smallest absolute Gasteiger partial charge is 0.303 e. The van der Waals surface area contributed by atoms with Gasteiger partial charge < -0.3 is 10.4 Å². The summed E-state index contributed by atoms with van der Waals surface area (Å²) in [7, 11) is -3.43. The minimum Gasteiger partial charge on any atom is -0.481 e. The van der Waals surface area contributed by atoms with Crippen molar-refractivity contribution in [1.82, 2.24) is 9.62 Å². The summed E-state index contributed by atoms with van der Waals surface area (Å²) in [6, 6.07) is 6.58. The Morgan fingerprint density at radius 3 is 2.23 bits per heavy atom. The molecule has 1 amide bonds. The van der Waals surface area contributed by atoms with E-state index in [1.54, 1.807) is 24.3 Å². The molecule has 0 unspecified atom stereocenters. The van der Waals surface area contributed by atoms with E-state index in [2.05, 4.69) is 5.32 Å². The standard InChI is InChI=1S/C18H26N2O5S/c21-17(6-2-3-7-18(22)23)19-14-15-8-10-16(11-9-15)26(24,25)20-12-4-1-5-13-20/h8-11H,1-7,12-14H2,(H,19,21)(H,22,23). The van der Waals surface area contributed by atoms with Gasteiger partial charge in [-0.25, -0.2) is 8.42 Å². The molecule has 1 aromatic carbocycles. The second-order valence-corrected chi connectivity index (χ2v) is 8.42. The van der Waals surface area contributed by atoms with Gasteiger partial charge in [0.2, 0.25) is 15.9 Å². The Morgan fingerprint density at radius 2 is 1.62 bits per heavy atom. The number of nitrogens with zero attached hydrogens (tertiary/aromatic N) is 1. The largest absolute Gasteiger partial charge is 0.481 e. The van der Waals surface area contributed by atoms with E-state index >= 15 is 0 Å². The molecule has 0 aliphatic carbocycles. The third-order valence-corrected chi connectivity index (χ3v) is 6.32. The van der Waals surface area contributed by atoms with Crippen LogP contribution >= 0.6 is 0 Å².